The Bertz CT molecular complexity index is 1480. The molecule has 0 atom stereocenters. The lowest BCUT2D eigenvalue weighted by Gasteiger charge is -2.26. The van der Waals surface area contributed by atoms with Crippen LogP contribution >= 0.6 is 11.3 Å². The van der Waals surface area contributed by atoms with E-state index in [9.17, 15) is 13.6 Å². The van der Waals surface area contributed by atoms with Crippen LogP contribution in [0.5, 0.6) is 0 Å². The summed E-state index contributed by atoms with van der Waals surface area (Å²) in [5.41, 5.74) is 3.58. The van der Waals surface area contributed by atoms with E-state index in [1.165, 1.54) is 6.07 Å². The number of nitrogens with zero attached hydrogens (tertiary/aromatic N) is 4. The van der Waals surface area contributed by atoms with Gasteiger partial charge in [-0.3, -0.25) is 14.4 Å². The number of benzene rings is 3. The highest BCUT2D eigenvalue weighted by atomic mass is 32.1. The summed E-state index contributed by atoms with van der Waals surface area (Å²) in [6.45, 7) is 4.56. The average molecular weight is 503 g/mol. The fraction of sp³-hybridized carbons (Fsp3) is 0.179. The second-order valence-electron chi connectivity index (χ2n) is 8.63. The minimum atomic E-state index is -0.749. The molecule has 3 aromatic carbocycles. The second-order valence-corrected chi connectivity index (χ2v) is 9.63. The van der Waals surface area contributed by atoms with Gasteiger partial charge in [0.05, 0.1) is 22.9 Å². The fourth-order valence-electron chi connectivity index (χ4n) is 4.38. The van der Waals surface area contributed by atoms with Crippen molar-refractivity contribution in [3.8, 4) is 0 Å². The molecule has 0 spiro atoms. The lowest BCUT2D eigenvalue weighted by molar-refractivity contribution is -0.119. The number of amides is 1. The van der Waals surface area contributed by atoms with Crippen molar-refractivity contribution in [2.75, 3.05) is 11.4 Å². The highest BCUT2D eigenvalue weighted by molar-refractivity contribution is 7.22. The number of carbonyl (C=O) groups excluding carboxylic acids is 1. The Kier molecular flexibility index (Phi) is 6.61. The third-order valence-electron chi connectivity index (χ3n) is 6.05. The monoisotopic (exact) mass is 502 g/mol. The van der Waals surface area contributed by atoms with E-state index in [0.717, 1.165) is 39.9 Å². The number of rotatable bonds is 7. The molecular formula is C28H24F2N4OS. The first-order valence-electron chi connectivity index (χ1n) is 11.6. The molecule has 5 aromatic rings. The molecule has 8 heteroatoms. The molecule has 1 amide bonds. The first-order chi connectivity index (χ1) is 17.4. The zero-order valence-corrected chi connectivity index (χ0v) is 20.7. The summed E-state index contributed by atoms with van der Waals surface area (Å²) in [4.78, 5) is 20.3. The van der Waals surface area contributed by atoms with E-state index in [1.54, 1.807) is 4.90 Å². The molecule has 2 heterocycles. The van der Waals surface area contributed by atoms with Crippen LogP contribution in [0.2, 0.25) is 0 Å². The number of hydrogen-bond donors (Lipinski definition) is 0. The number of anilines is 1. The Morgan fingerprint density at radius 1 is 0.972 bits per heavy atom. The van der Waals surface area contributed by atoms with Gasteiger partial charge >= 0.3 is 0 Å². The quantitative estimate of drug-likeness (QED) is 0.264. The Hall–Kier alpha value is -3.91. The maximum atomic E-state index is 14.5. The highest BCUT2D eigenvalue weighted by Gasteiger charge is 2.30. The van der Waals surface area contributed by atoms with Gasteiger partial charge in [0.1, 0.15) is 11.3 Å². The van der Waals surface area contributed by atoms with Crippen molar-refractivity contribution in [2.45, 2.75) is 26.3 Å². The van der Waals surface area contributed by atoms with Crippen molar-refractivity contribution in [3.63, 3.8) is 0 Å². The van der Waals surface area contributed by atoms with Gasteiger partial charge in [-0.1, -0.05) is 72.0 Å². The van der Waals surface area contributed by atoms with Gasteiger partial charge in [0.2, 0.25) is 5.91 Å². The molecule has 5 rings (SSSR count). The molecule has 36 heavy (non-hydrogen) atoms. The smallest absolute Gasteiger partial charge is 0.240 e. The van der Waals surface area contributed by atoms with Crippen LogP contribution in [0.3, 0.4) is 0 Å². The number of halogens is 2. The number of aryl methyl sites for hydroxylation is 2. The van der Waals surface area contributed by atoms with Crippen LogP contribution in [-0.2, 0) is 11.3 Å². The molecule has 0 N–H and O–H groups in total. The molecule has 5 nitrogen and oxygen atoms in total. The van der Waals surface area contributed by atoms with E-state index in [-0.39, 0.29) is 18.0 Å². The van der Waals surface area contributed by atoms with Gasteiger partial charge in [0.15, 0.2) is 10.9 Å². The number of carbonyl (C=O) groups is 1. The van der Waals surface area contributed by atoms with Gasteiger partial charge in [-0.05, 0) is 37.1 Å². The van der Waals surface area contributed by atoms with Crippen molar-refractivity contribution in [2.24, 2.45) is 0 Å². The Labute approximate surface area is 211 Å². The van der Waals surface area contributed by atoms with Crippen LogP contribution in [0.25, 0.3) is 10.2 Å². The standard InChI is InChI=1S/C28H24F2N4OS/c1-18-15-19(2)34(32-18)14-13-33(28-31-26-23(30)16-22(29)17-24(26)36-28)27(35)25(20-9-5-3-6-10-20)21-11-7-4-8-12-21/h3-12,15-17,25H,13-14H2,1-2H3. The van der Waals surface area contributed by atoms with Crippen LogP contribution < -0.4 is 4.90 Å². The van der Waals surface area contributed by atoms with E-state index < -0.39 is 17.6 Å². The van der Waals surface area contributed by atoms with Gasteiger partial charge in [-0.15, -0.1) is 0 Å². The molecule has 2 aromatic heterocycles. The Morgan fingerprint density at radius 3 is 2.19 bits per heavy atom. The predicted molar refractivity (Wildman–Crippen MR) is 138 cm³/mol. The van der Waals surface area contributed by atoms with E-state index in [2.05, 4.69) is 10.1 Å². The third kappa shape index (κ3) is 4.77. The number of thiazole rings is 1. The number of aromatic nitrogens is 3. The highest BCUT2D eigenvalue weighted by Crippen LogP contribution is 2.34. The van der Waals surface area contributed by atoms with Crippen molar-refractivity contribution in [1.82, 2.24) is 14.8 Å². The van der Waals surface area contributed by atoms with E-state index in [0.29, 0.717) is 16.4 Å². The van der Waals surface area contributed by atoms with E-state index in [1.807, 2.05) is 85.3 Å². The van der Waals surface area contributed by atoms with E-state index in [4.69, 9.17) is 0 Å². The average Bonchev–Trinajstić information content (AvgIpc) is 3.43. The molecule has 0 saturated carbocycles. The molecule has 0 unspecified atom stereocenters. The predicted octanol–water partition coefficient (Wildman–Crippen LogP) is 6.25. The van der Waals surface area contributed by atoms with Crippen LogP contribution in [0.1, 0.15) is 28.4 Å². The first kappa shape index (κ1) is 23.8. The molecule has 0 aliphatic rings. The van der Waals surface area contributed by atoms with Crippen molar-refractivity contribution >= 4 is 32.6 Å². The summed E-state index contributed by atoms with van der Waals surface area (Å²) in [6, 6.07) is 23.1. The second kappa shape index (κ2) is 9.99. The summed E-state index contributed by atoms with van der Waals surface area (Å²) in [5, 5.41) is 4.83. The lowest BCUT2D eigenvalue weighted by atomic mass is 9.90. The largest absolute Gasteiger partial charge is 0.285 e. The zero-order valence-electron chi connectivity index (χ0n) is 19.9. The van der Waals surface area contributed by atoms with Gasteiger partial charge in [-0.25, -0.2) is 13.8 Å². The van der Waals surface area contributed by atoms with Crippen molar-refractivity contribution in [1.29, 1.82) is 0 Å². The Balaban J connectivity index is 1.60. The van der Waals surface area contributed by atoms with Crippen LogP contribution in [0, 0.1) is 25.5 Å². The maximum absolute atomic E-state index is 14.5. The fourth-order valence-corrected chi connectivity index (χ4v) is 5.42. The normalized spacial score (nSPS) is 11.4. The minimum absolute atomic E-state index is 0.0521. The molecule has 0 bridgehead atoms. The minimum Gasteiger partial charge on any atom is -0.285 e. The summed E-state index contributed by atoms with van der Waals surface area (Å²) in [5.74, 6) is -2.22. The zero-order chi connectivity index (χ0) is 25.2. The SMILES string of the molecule is Cc1cc(C)n(CCN(C(=O)C(c2ccccc2)c2ccccc2)c2nc3c(F)cc(F)cc3s2)n1. The van der Waals surface area contributed by atoms with Gasteiger partial charge < -0.3 is 0 Å². The summed E-state index contributed by atoms with van der Waals surface area (Å²) in [7, 11) is 0. The van der Waals surface area contributed by atoms with Gasteiger partial charge in [0, 0.05) is 18.3 Å². The van der Waals surface area contributed by atoms with Gasteiger partial charge in [0.25, 0.3) is 0 Å². The molecule has 0 aliphatic heterocycles. The molecule has 182 valence electrons. The van der Waals surface area contributed by atoms with Crippen molar-refractivity contribution < 1.29 is 13.6 Å². The van der Waals surface area contributed by atoms with Crippen LogP contribution in [0.4, 0.5) is 13.9 Å². The van der Waals surface area contributed by atoms with Crippen LogP contribution in [-0.4, -0.2) is 27.2 Å². The lowest BCUT2D eigenvalue weighted by Crippen LogP contribution is -2.38. The van der Waals surface area contributed by atoms with Gasteiger partial charge in [-0.2, -0.15) is 5.10 Å². The molecule has 0 aliphatic carbocycles. The number of hydrogen-bond acceptors (Lipinski definition) is 4. The first-order valence-corrected chi connectivity index (χ1v) is 12.4. The third-order valence-corrected chi connectivity index (χ3v) is 7.08. The van der Waals surface area contributed by atoms with E-state index >= 15 is 0 Å². The molecule has 0 saturated heterocycles. The summed E-state index contributed by atoms with van der Waals surface area (Å²) < 4.78 is 30.6. The number of fused-ring (bicyclic) bond motifs is 1. The summed E-state index contributed by atoms with van der Waals surface area (Å²) in [6.07, 6.45) is 0. The molecule has 0 fully saturated rings. The van der Waals surface area contributed by atoms with Crippen LogP contribution in [0.15, 0.2) is 78.9 Å². The Morgan fingerprint density at radius 2 is 1.61 bits per heavy atom. The van der Waals surface area contributed by atoms with Crippen molar-refractivity contribution in [3.05, 3.63) is 113 Å². The maximum Gasteiger partial charge on any atom is 0.240 e. The molecular weight excluding hydrogens is 478 g/mol. The summed E-state index contributed by atoms with van der Waals surface area (Å²) >= 11 is 1.10. The topological polar surface area (TPSA) is 51.0 Å². The molecule has 0 radical (unpaired) electrons.